The van der Waals surface area contributed by atoms with Crippen LogP contribution in [-0.2, 0) is 9.53 Å². The number of nitro groups is 1. The molecule has 0 atom stereocenters. The highest BCUT2D eigenvalue weighted by atomic mass is 79.9. The molecule has 0 unspecified atom stereocenters. The van der Waals surface area contributed by atoms with E-state index in [-0.39, 0.29) is 27.3 Å². The SMILES string of the molecule is COc1cc(Br)c(C(=O)OCC(C)=O)c([N+](=O)[O-])c1OC. The Morgan fingerprint density at radius 3 is 2.38 bits per heavy atom. The highest BCUT2D eigenvalue weighted by Crippen LogP contribution is 2.43. The molecule has 9 heteroatoms. The second kappa shape index (κ2) is 7.02. The number of ether oxygens (including phenoxy) is 3. The van der Waals surface area contributed by atoms with Crippen LogP contribution < -0.4 is 9.47 Å². The second-order valence-electron chi connectivity index (χ2n) is 3.85. The van der Waals surface area contributed by atoms with Crippen LogP contribution >= 0.6 is 15.9 Å². The van der Waals surface area contributed by atoms with E-state index in [1.165, 1.54) is 27.2 Å². The van der Waals surface area contributed by atoms with Crippen molar-refractivity contribution < 1.29 is 28.7 Å². The predicted octanol–water partition coefficient (Wildman–Crippen LogP) is 2.12. The van der Waals surface area contributed by atoms with Crippen LogP contribution in [0.3, 0.4) is 0 Å². The third kappa shape index (κ3) is 3.69. The number of hydrogen-bond donors (Lipinski definition) is 0. The van der Waals surface area contributed by atoms with Gasteiger partial charge in [0.15, 0.2) is 17.1 Å². The van der Waals surface area contributed by atoms with Crippen LogP contribution in [0.4, 0.5) is 5.69 Å². The van der Waals surface area contributed by atoms with Gasteiger partial charge in [0.1, 0.15) is 6.61 Å². The Morgan fingerprint density at radius 1 is 1.33 bits per heavy atom. The fourth-order valence-corrected chi connectivity index (χ4v) is 2.11. The van der Waals surface area contributed by atoms with Crippen molar-refractivity contribution in [3.63, 3.8) is 0 Å². The summed E-state index contributed by atoms with van der Waals surface area (Å²) in [5, 5.41) is 11.2. The van der Waals surface area contributed by atoms with Gasteiger partial charge in [-0.2, -0.15) is 0 Å². The number of benzene rings is 1. The van der Waals surface area contributed by atoms with Gasteiger partial charge in [-0.25, -0.2) is 4.79 Å². The summed E-state index contributed by atoms with van der Waals surface area (Å²) in [4.78, 5) is 33.3. The van der Waals surface area contributed by atoms with E-state index in [1.807, 2.05) is 0 Å². The molecule has 21 heavy (non-hydrogen) atoms. The van der Waals surface area contributed by atoms with Gasteiger partial charge in [0.2, 0.25) is 5.75 Å². The monoisotopic (exact) mass is 361 g/mol. The normalized spacial score (nSPS) is 9.90. The highest BCUT2D eigenvalue weighted by molar-refractivity contribution is 9.10. The third-order valence-electron chi connectivity index (χ3n) is 2.39. The van der Waals surface area contributed by atoms with Crippen LogP contribution in [0.1, 0.15) is 17.3 Å². The number of esters is 1. The number of ketones is 1. The average Bonchev–Trinajstić information content (AvgIpc) is 2.42. The fraction of sp³-hybridized carbons (Fsp3) is 0.333. The smallest absolute Gasteiger partial charge is 0.346 e. The molecular weight excluding hydrogens is 350 g/mol. The molecule has 114 valence electrons. The molecule has 0 saturated carbocycles. The lowest BCUT2D eigenvalue weighted by atomic mass is 10.1. The summed E-state index contributed by atoms with van der Waals surface area (Å²) < 4.78 is 14.7. The van der Waals surface area contributed by atoms with Crippen LogP contribution in [-0.4, -0.2) is 37.5 Å². The van der Waals surface area contributed by atoms with Gasteiger partial charge in [0.05, 0.1) is 19.1 Å². The van der Waals surface area contributed by atoms with Gasteiger partial charge in [-0.05, 0) is 28.9 Å². The van der Waals surface area contributed by atoms with E-state index in [4.69, 9.17) is 14.2 Å². The minimum absolute atomic E-state index is 0.0826. The first-order valence-corrected chi connectivity index (χ1v) is 6.38. The molecule has 0 aliphatic heterocycles. The molecule has 0 bridgehead atoms. The van der Waals surface area contributed by atoms with Gasteiger partial charge in [-0.1, -0.05) is 0 Å². The van der Waals surface area contributed by atoms with Crippen molar-refractivity contribution in [2.45, 2.75) is 6.92 Å². The van der Waals surface area contributed by atoms with E-state index < -0.39 is 23.2 Å². The lowest BCUT2D eigenvalue weighted by molar-refractivity contribution is -0.386. The summed E-state index contributed by atoms with van der Waals surface area (Å²) in [7, 11) is 2.52. The zero-order valence-electron chi connectivity index (χ0n) is 11.5. The van der Waals surface area contributed by atoms with Gasteiger partial charge in [-0.3, -0.25) is 14.9 Å². The first-order chi connectivity index (χ1) is 9.83. The number of nitrogens with zero attached hydrogens (tertiary/aromatic N) is 1. The Labute approximate surface area is 128 Å². The standard InChI is InChI=1S/C12H12BrNO7/c1-6(15)5-21-12(16)9-7(13)4-8(19-2)11(20-3)10(9)14(17)18/h4H,5H2,1-3H3. The Morgan fingerprint density at radius 2 is 1.95 bits per heavy atom. The summed E-state index contributed by atoms with van der Waals surface area (Å²) in [6.45, 7) is 0.752. The molecule has 0 heterocycles. The number of hydrogen-bond acceptors (Lipinski definition) is 7. The number of Topliss-reactive ketones (excluding diaryl/α,β-unsaturated/α-hetero) is 1. The van der Waals surface area contributed by atoms with Crippen molar-refractivity contribution in [1.29, 1.82) is 0 Å². The number of halogens is 1. The molecule has 1 aromatic rings. The maximum Gasteiger partial charge on any atom is 0.346 e. The van der Waals surface area contributed by atoms with E-state index in [0.29, 0.717) is 0 Å². The average molecular weight is 362 g/mol. The summed E-state index contributed by atoms with van der Waals surface area (Å²) >= 11 is 3.05. The molecule has 0 aromatic heterocycles. The number of rotatable bonds is 6. The second-order valence-corrected chi connectivity index (χ2v) is 4.71. The first kappa shape index (κ1) is 16.9. The van der Waals surface area contributed by atoms with Crippen molar-refractivity contribution >= 4 is 33.4 Å². The lowest BCUT2D eigenvalue weighted by Gasteiger charge is -2.12. The molecule has 8 nitrogen and oxygen atoms in total. The maximum atomic E-state index is 12.0. The van der Waals surface area contributed by atoms with E-state index in [0.717, 1.165) is 0 Å². The summed E-state index contributed by atoms with van der Waals surface area (Å²) in [5.41, 5.74) is -0.948. The molecule has 1 aromatic carbocycles. The van der Waals surface area contributed by atoms with E-state index in [2.05, 4.69) is 15.9 Å². The zero-order valence-corrected chi connectivity index (χ0v) is 13.1. The predicted molar refractivity (Wildman–Crippen MR) is 74.9 cm³/mol. The molecular formula is C12H12BrNO7. The van der Waals surface area contributed by atoms with E-state index in [9.17, 15) is 19.7 Å². The number of carbonyl (C=O) groups excluding carboxylic acids is 2. The van der Waals surface area contributed by atoms with Gasteiger partial charge in [0.25, 0.3) is 0 Å². The molecule has 0 saturated heterocycles. The Hall–Kier alpha value is -2.16. The summed E-state index contributed by atoms with van der Waals surface area (Å²) in [6, 6.07) is 1.34. The Bertz CT molecular complexity index is 600. The summed E-state index contributed by atoms with van der Waals surface area (Å²) in [5.74, 6) is -1.52. The first-order valence-electron chi connectivity index (χ1n) is 5.58. The minimum Gasteiger partial charge on any atom is -0.493 e. The largest absolute Gasteiger partial charge is 0.493 e. The van der Waals surface area contributed by atoms with Crippen LogP contribution in [0.15, 0.2) is 10.5 Å². The molecule has 0 radical (unpaired) electrons. The van der Waals surface area contributed by atoms with Crippen molar-refractivity contribution in [1.82, 2.24) is 0 Å². The van der Waals surface area contributed by atoms with Crippen molar-refractivity contribution in [3.05, 3.63) is 26.2 Å². The third-order valence-corrected chi connectivity index (χ3v) is 3.01. The van der Waals surface area contributed by atoms with Gasteiger partial charge < -0.3 is 14.2 Å². The summed E-state index contributed by atoms with van der Waals surface area (Å²) in [6.07, 6.45) is 0. The number of methoxy groups -OCH3 is 2. The maximum absolute atomic E-state index is 12.0. The van der Waals surface area contributed by atoms with Crippen LogP contribution in [0.2, 0.25) is 0 Å². The highest BCUT2D eigenvalue weighted by Gasteiger charge is 2.33. The quantitative estimate of drug-likeness (QED) is 0.434. The van der Waals surface area contributed by atoms with Crippen LogP contribution in [0.5, 0.6) is 11.5 Å². The van der Waals surface area contributed by atoms with Crippen LogP contribution in [0, 0.1) is 10.1 Å². The van der Waals surface area contributed by atoms with E-state index >= 15 is 0 Å². The minimum atomic E-state index is -1.01. The Balaban J connectivity index is 3.46. The Kier molecular flexibility index (Phi) is 5.65. The number of carbonyl (C=O) groups is 2. The van der Waals surface area contributed by atoms with Crippen LogP contribution in [0.25, 0.3) is 0 Å². The lowest BCUT2D eigenvalue weighted by Crippen LogP contribution is -2.14. The zero-order chi connectivity index (χ0) is 16.2. The molecule has 0 aliphatic carbocycles. The molecule has 0 spiro atoms. The van der Waals surface area contributed by atoms with Gasteiger partial charge in [0, 0.05) is 4.47 Å². The van der Waals surface area contributed by atoms with Crippen molar-refractivity contribution in [3.8, 4) is 11.5 Å². The fourth-order valence-electron chi connectivity index (χ4n) is 1.55. The number of nitro benzene ring substituents is 1. The van der Waals surface area contributed by atoms with Gasteiger partial charge >= 0.3 is 11.7 Å². The van der Waals surface area contributed by atoms with E-state index in [1.54, 1.807) is 0 Å². The molecule has 1 rings (SSSR count). The molecule has 0 N–H and O–H groups in total. The van der Waals surface area contributed by atoms with Crippen molar-refractivity contribution in [2.75, 3.05) is 20.8 Å². The van der Waals surface area contributed by atoms with Gasteiger partial charge in [-0.15, -0.1) is 0 Å². The topological polar surface area (TPSA) is 105 Å². The molecule has 0 aliphatic rings. The molecule has 0 amide bonds. The molecule has 0 fully saturated rings. The van der Waals surface area contributed by atoms with Crippen molar-refractivity contribution in [2.24, 2.45) is 0 Å².